The average Bonchev–Trinajstić information content (AvgIpc) is 2.28. The lowest BCUT2D eigenvalue weighted by Crippen LogP contribution is -2.32. The molecule has 96 valence electrons. The molecule has 0 saturated carbocycles. The van der Waals surface area contributed by atoms with Crippen LogP contribution in [0, 0.1) is 0 Å². The molecule has 0 radical (unpaired) electrons. The van der Waals surface area contributed by atoms with E-state index in [1.165, 1.54) is 32.1 Å². The lowest BCUT2D eigenvalue weighted by Gasteiger charge is -2.27. The summed E-state index contributed by atoms with van der Waals surface area (Å²) in [5.74, 6) is 0. The first-order valence-corrected chi connectivity index (χ1v) is 6.71. The van der Waals surface area contributed by atoms with Crippen LogP contribution >= 0.6 is 0 Å². The molecule has 16 heavy (non-hydrogen) atoms. The van der Waals surface area contributed by atoms with Gasteiger partial charge in [-0.25, -0.2) is 0 Å². The Balaban J connectivity index is 1.86. The molecule has 0 aromatic rings. The van der Waals surface area contributed by atoms with E-state index >= 15 is 0 Å². The lowest BCUT2D eigenvalue weighted by atomic mass is 10.1. The van der Waals surface area contributed by atoms with Gasteiger partial charge in [-0.15, -0.1) is 0 Å². The number of hydrogen-bond donors (Lipinski definition) is 0. The first-order chi connectivity index (χ1) is 7.83. The van der Waals surface area contributed by atoms with E-state index in [1.807, 2.05) is 0 Å². The minimum atomic E-state index is -0.417. The minimum absolute atomic E-state index is 0.267. The van der Waals surface area contributed by atoms with Crippen LogP contribution in [0.3, 0.4) is 0 Å². The minimum Gasteiger partial charge on any atom is -0.330 e. The van der Waals surface area contributed by atoms with Crippen LogP contribution in [0.2, 0.25) is 0 Å². The highest BCUT2D eigenvalue weighted by atomic mass is 16.8. The Morgan fingerprint density at radius 1 is 1.12 bits per heavy atom. The quantitative estimate of drug-likeness (QED) is 0.597. The molecule has 1 fully saturated rings. The third kappa shape index (κ3) is 6.46. The molecule has 0 aromatic carbocycles. The number of hydrogen-bond acceptors (Lipinski definition) is 3. The molecular formula is C13H26O3. The second-order valence-electron chi connectivity index (χ2n) is 4.53. The molecule has 3 nitrogen and oxygen atoms in total. The van der Waals surface area contributed by atoms with Crippen LogP contribution in [0.1, 0.15) is 58.8 Å². The first-order valence-electron chi connectivity index (χ1n) is 6.71. The van der Waals surface area contributed by atoms with Gasteiger partial charge >= 0.3 is 0 Å². The Labute approximate surface area is 99.5 Å². The maximum Gasteiger partial charge on any atom is 0.271 e. The van der Waals surface area contributed by atoms with Crippen LogP contribution in [0.5, 0.6) is 0 Å². The molecule has 1 aliphatic rings. The van der Waals surface area contributed by atoms with Crippen molar-refractivity contribution in [1.82, 2.24) is 0 Å². The van der Waals surface area contributed by atoms with E-state index in [9.17, 15) is 0 Å². The summed E-state index contributed by atoms with van der Waals surface area (Å²) >= 11 is 0. The Bertz CT molecular complexity index is 161. The summed E-state index contributed by atoms with van der Waals surface area (Å²) in [7, 11) is 0. The normalized spacial score (nSPS) is 25.9. The van der Waals surface area contributed by atoms with Gasteiger partial charge in [0, 0.05) is 0 Å². The smallest absolute Gasteiger partial charge is 0.271 e. The van der Waals surface area contributed by atoms with Gasteiger partial charge in [0.1, 0.15) is 0 Å². The van der Waals surface area contributed by atoms with Gasteiger partial charge in [0.15, 0.2) is 0 Å². The van der Waals surface area contributed by atoms with Crippen LogP contribution in [0.25, 0.3) is 0 Å². The van der Waals surface area contributed by atoms with Crippen LogP contribution in [0.4, 0.5) is 0 Å². The zero-order valence-electron chi connectivity index (χ0n) is 10.7. The highest BCUT2D eigenvalue weighted by Gasteiger charge is 2.19. The molecule has 0 amide bonds. The Morgan fingerprint density at radius 2 is 1.88 bits per heavy atom. The van der Waals surface area contributed by atoms with E-state index in [-0.39, 0.29) is 6.10 Å². The number of unbranched alkanes of at least 4 members (excludes halogenated alkanes) is 5. The standard InChI is InChI=1S/C13H26O3/c1-3-4-5-6-7-8-10-14-13-15-11-9-12(2)16-13/h12-13H,3-11H2,1-2H3/t12-,13-/m1/s1. The predicted octanol–water partition coefficient (Wildman–Crippen LogP) is 3.47. The molecule has 3 heteroatoms. The fraction of sp³-hybridized carbons (Fsp3) is 1.00. The third-order valence-corrected chi connectivity index (χ3v) is 2.87. The fourth-order valence-corrected chi connectivity index (χ4v) is 1.78. The van der Waals surface area contributed by atoms with Crippen LogP contribution < -0.4 is 0 Å². The summed E-state index contributed by atoms with van der Waals surface area (Å²) in [5, 5.41) is 0. The van der Waals surface area contributed by atoms with E-state index in [0.29, 0.717) is 0 Å². The predicted molar refractivity (Wildman–Crippen MR) is 64.2 cm³/mol. The molecule has 0 unspecified atom stereocenters. The van der Waals surface area contributed by atoms with Gasteiger partial charge in [-0.2, -0.15) is 0 Å². The fourth-order valence-electron chi connectivity index (χ4n) is 1.78. The van der Waals surface area contributed by atoms with Crippen LogP contribution in [0.15, 0.2) is 0 Å². The zero-order valence-corrected chi connectivity index (χ0v) is 10.7. The molecule has 2 atom stereocenters. The molecule has 1 aliphatic heterocycles. The average molecular weight is 230 g/mol. The van der Waals surface area contributed by atoms with Gasteiger partial charge in [-0.3, -0.25) is 0 Å². The van der Waals surface area contributed by atoms with Gasteiger partial charge in [-0.05, 0) is 19.8 Å². The van der Waals surface area contributed by atoms with Crippen molar-refractivity contribution in [1.29, 1.82) is 0 Å². The van der Waals surface area contributed by atoms with Crippen molar-refractivity contribution in [3.63, 3.8) is 0 Å². The van der Waals surface area contributed by atoms with Crippen molar-refractivity contribution in [2.45, 2.75) is 71.4 Å². The summed E-state index contributed by atoms with van der Waals surface area (Å²) in [5.41, 5.74) is 0. The van der Waals surface area contributed by atoms with Gasteiger partial charge in [-0.1, -0.05) is 39.0 Å². The molecule has 1 saturated heterocycles. The summed E-state index contributed by atoms with van der Waals surface area (Å²) in [6, 6.07) is 0. The van der Waals surface area contributed by atoms with Crippen molar-refractivity contribution in [3.05, 3.63) is 0 Å². The number of rotatable bonds is 8. The third-order valence-electron chi connectivity index (χ3n) is 2.87. The molecule has 1 heterocycles. The van der Waals surface area contributed by atoms with E-state index in [4.69, 9.17) is 14.2 Å². The Morgan fingerprint density at radius 3 is 2.62 bits per heavy atom. The second-order valence-corrected chi connectivity index (χ2v) is 4.53. The summed E-state index contributed by atoms with van der Waals surface area (Å²) in [4.78, 5) is 0. The van der Waals surface area contributed by atoms with E-state index in [1.54, 1.807) is 0 Å². The van der Waals surface area contributed by atoms with Gasteiger partial charge in [0.05, 0.1) is 19.3 Å². The summed E-state index contributed by atoms with van der Waals surface area (Å²) < 4.78 is 16.4. The molecule has 0 aliphatic carbocycles. The lowest BCUT2D eigenvalue weighted by molar-refractivity contribution is -0.328. The highest BCUT2D eigenvalue weighted by molar-refractivity contribution is 4.53. The first kappa shape index (κ1) is 13.9. The largest absolute Gasteiger partial charge is 0.330 e. The van der Waals surface area contributed by atoms with Crippen molar-refractivity contribution in [2.24, 2.45) is 0 Å². The highest BCUT2D eigenvalue weighted by Crippen LogP contribution is 2.13. The van der Waals surface area contributed by atoms with Crippen molar-refractivity contribution >= 4 is 0 Å². The van der Waals surface area contributed by atoms with Gasteiger partial charge in [0.25, 0.3) is 6.48 Å². The Kier molecular flexibility index (Phi) is 7.81. The topological polar surface area (TPSA) is 27.7 Å². The molecule has 1 rings (SSSR count). The SMILES string of the molecule is CCCCCCCCO[C@@H]1OCC[C@@H](C)O1. The van der Waals surface area contributed by atoms with Crippen molar-refractivity contribution < 1.29 is 14.2 Å². The molecule has 0 spiro atoms. The molecule has 0 aromatic heterocycles. The van der Waals surface area contributed by atoms with E-state index in [2.05, 4.69) is 13.8 Å². The van der Waals surface area contributed by atoms with E-state index in [0.717, 1.165) is 26.1 Å². The van der Waals surface area contributed by atoms with Crippen LogP contribution in [-0.4, -0.2) is 25.8 Å². The second kappa shape index (κ2) is 8.97. The molecule has 0 bridgehead atoms. The zero-order chi connectivity index (χ0) is 11.6. The van der Waals surface area contributed by atoms with Gasteiger partial charge < -0.3 is 14.2 Å². The van der Waals surface area contributed by atoms with Gasteiger partial charge in [0.2, 0.25) is 0 Å². The maximum absolute atomic E-state index is 5.52. The monoisotopic (exact) mass is 230 g/mol. The van der Waals surface area contributed by atoms with E-state index < -0.39 is 6.48 Å². The summed E-state index contributed by atoms with van der Waals surface area (Å²) in [6.45, 7) is 5.39. The maximum atomic E-state index is 5.52. The molecule has 0 N–H and O–H groups in total. The molecular weight excluding hydrogens is 204 g/mol. The summed E-state index contributed by atoms with van der Waals surface area (Å²) in [6.07, 6.45) is 8.93. The van der Waals surface area contributed by atoms with Crippen LogP contribution in [-0.2, 0) is 14.2 Å². The van der Waals surface area contributed by atoms with Crippen molar-refractivity contribution in [2.75, 3.05) is 13.2 Å². The van der Waals surface area contributed by atoms with Crippen molar-refractivity contribution in [3.8, 4) is 0 Å². The number of ether oxygens (including phenoxy) is 3. The Hall–Kier alpha value is -0.120.